The zero-order valence-corrected chi connectivity index (χ0v) is 10.3. The molecule has 1 aromatic rings. The van der Waals surface area contributed by atoms with Crippen LogP contribution in [0.4, 0.5) is 5.13 Å². The molecule has 0 saturated carbocycles. The van der Waals surface area contributed by atoms with Crippen molar-refractivity contribution in [3.8, 4) is 0 Å². The molecule has 4 heteroatoms. The third-order valence-electron chi connectivity index (χ3n) is 3.44. The van der Waals surface area contributed by atoms with Crippen molar-refractivity contribution < 1.29 is 0 Å². The molecule has 1 aliphatic rings. The number of piperidine rings is 1. The van der Waals surface area contributed by atoms with E-state index in [1.54, 1.807) is 0 Å². The first-order valence-corrected chi connectivity index (χ1v) is 6.48. The predicted octanol–water partition coefficient (Wildman–Crippen LogP) is 2.35. The predicted molar refractivity (Wildman–Crippen MR) is 64.8 cm³/mol. The maximum atomic E-state index is 5.63. The number of thiazole rings is 1. The van der Waals surface area contributed by atoms with Gasteiger partial charge in [-0.05, 0) is 32.2 Å². The molecule has 1 aliphatic heterocycles. The fourth-order valence-electron chi connectivity index (χ4n) is 2.25. The second-order valence-electron chi connectivity index (χ2n) is 4.51. The van der Waals surface area contributed by atoms with E-state index in [-0.39, 0.29) is 0 Å². The van der Waals surface area contributed by atoms with Gasteiger partial charge in [-0.15, -0.1) is 11.3 Å². The topological polar surface area (TPSA) is 42.1 Å². The molecule has 84 valence electrons. The standard InChI is InChI=1S/C11H19N3S/c1-8-4-3-5-14(9(8)2)6-10-7-15-11(12)13-10/h7-9H,3-6H2,1-2H3,(H2,12,13). The summed E-state index contributed by atoms with van der Waals surface area (Å²) in [5.74, 6) is 0.801. The molecular formula is C11H19N3S. The first-order valence-electron chi connectivity index (χ1n) is 5.60. The minimum Gasteiger partial charge on any atom is -0.375 e. The van der Waals surface area contributed by atoms with Gasteiger partial charge in [0.05, 0.1) is 5.69 Å². The normalized spacial score (nSPS) is 28.1. The summed E-state index contributed by atoms with van der Waals surface area (Å²) >= 11 is 1.54. The molecule has 3 nitrogen and oxygen atoms in total. The number of nitrogens with two attached hydrogens (primary N) is 1. The van der Waals surface area contributed by atoms with Crippen LogP contribution in [0.15, 0.2) is 5.38 Å². The van der Waals surface area contributed by atoms with Crippen LogP contribution in [-0.2, 0) is 6.54 Å². The van der Waals surface area contributed by atoms with Crippen molar-refractivity contribution in [2.75, 3.05) is 12.3 Å². The second-order valence-corrected chi connectivity index (χ2v) is 5.40. The van der Waals surface area contributed by atoms with Gasteiger partial charge in [0.25, 0.3) is 0 Å². The highest BCUT2D eigenvalue weighted by atomic mass is 32.1. The van der Waals surface area contributed by atoms with Gasteiger partial charge >= 0.3 is 0 Å². The van der Waals surface area contributed by atoms with Gasteiger partial charge in [0.15, 0.2) is 5.13 Å². The molecule has 0 aliphatic carbocycles. The van der Waals surface area contributed by atoms with Gasteiger partial charge in [0.1, 0.15) is 0 Å². The summed E-state index contributed by atoms with van der Waals surface area (Å²) in [4.78, 5) is 6.84. The van der Waals surface area contributed by atoms with Crippen LogP contribution < -0.4 is 5.73 Å². The Labute approximate surface area is 95.3 Å². The number of aromatic nitrogens is 1. The Hall–Kier alpha value is -0.610. The minimum absolute atomic E-state index is 0.668. The van der Waals surface area contributed by atoms with Crippen molar-refractivity contribution in [1.82, 2.24) is 9.88 Å². The van der Waals surface area contributed by atoms with E-state index in [1.165, 1.54) is 30.7 Å². The van der Waals surface area contributed by atoms with Gasteiger partial charge in [-0.2, -0.15) is 0 Å². The number of nitrogens with zero attached hydrogens (tertiary/aromatic N) is 2. The number of nitrogen functional groups attached to an aromatic ring is 1. The molecule has 0 spiro atoms. The zero-order chi connectivity index (χ0) is 10.8. The average molecular weight is 225 g/mol. The van der Waals surface area contributed by atoms with Crippen LogP contribution in [0, 0.1) is 5.92 Å². The fourth-order valence-corrected chi connectivity index (χ4v) is 2.80. The third-order valence-corrected chi connectivity index (χ3v) is 4.16. The van der Waals surface area contributed by atoms with E-state index in [1.807, 2.05) is 0 Å². The van der Waals surface area contributed by atoms with E-state index in [0.29, 0.717) is 11.2 Å². The monoisotopic (exact) mass is 225 g/mol. The molecule has 1 saturated heterocycles. The first-order chi connectivity index (χ1) is 7.16. The maximum Gasteiger partial charge on any atom is 0.180 e. The molecule has 0 aromatic carbocycles. The molecule has 2 rings (SSSR count). The van der Waals surface area contributed by atoms with E-state index < -0.39 is 0 Å². The number of likely N-dealkylation sites (tertiary alicyclic amines) is 1. The molecule has 1 fully saturated rings. The van der Waals surface area contributed by atoms with Crippen molar-refractivity contribution in [2.45, 2.75) is 39.3 Å². The molecule has 1 aromatic heterocycles. The highest BCUT2D eigenvalue weighted by Gasteiger charge is 2.24. The summed E-state index contributed by atoms with van der Waals surface area (Å²) in [7, 11) is 0. The van der Waals surface area contributed by atoms with Gasteiger partial charge in [-0.1, -0.05) is 6.92 Å². The van der Waals surface area contributed by atoms with Gasteiger partial charge in [0, 0.05) is 18.0 Å². The van der Waals surface area contributed by atoms with E-state index in [0.717, 1.165) is 18.2 Å². The van der Waals surface area contributed by atoms with Crippen LogP contribution in [0.1, 0.15) is 32.4 Å². The zero-order valence-electron chi connectivity index (χ0n) is 9.44. The van der Waals surface area contributed by atoms with Crippen LogP contribution in [0.25, 0.3) is 0 Å². The van der Waals surface area contributed by atoms with Crippen molar-refractivity contribution in [3.63, 3.8) is 0 Å². The highest BCUT2D eigenvalue weighted by molar-refractivity contribution is 7.13. The lowest BCUT2D eigenvalue weighted by molar-refractivity contribution is 0.105. The summed E-state index contributed by atoms with van der Waals surface area (Å²) in [6, 6.07) is 0.668. The smallest absolute Gasteiger partial charge is 0.180 e. The quantitative estimate of drug-likeness (QED) is 0.840. The molecular weight excluding hydrogens is 206 g/mol. The Kier molecular flexibility index (Phi) is 3.26. The number of anilines is 1. The summed E-state index contributed by atoms with van der Waals surface area (Å²) < 4.78 is 0. The van der Waals surface area contributed by atoms with Crippen molar-refractivity contribution in [1.29, 1.82) is 0 Å². The Morgan fingerprint density at radius 2 is 2.40 bits per heavy atom. The lowest BCUT2D eigenvalue weighted by Gasteiger charge is -2.37. The first kappa shape index (κ1) is 10.9. The Morgan fingerprint density at radius 3 is 3.07 bits per heavy atom. The Morgan fingerprint density at radius 1 is 1.60 bits per heavy atom. The maximum absolute atomic E-state index is 5.63. The lowest BCUT2D eigenvalue weighted by atomic mass is 9.92. The van der Waals surface area contributed by atoms with Gasteiger partial charge in [-0.3, -0.25) is 4.90 Å². The molecule has 2 N–H and O–H groups in total. The van der Waals surface area contributed by atoms with Gasteiger partial charge in [0.2, 0.25) is 0 Å². The molecule has 2 atom stereocenters. The molecule has 0 amide bonds. The van der Waals surface area contributed by atoms with Gasteiger partial charge in [-0.25, -0.2) is 4.98 Å². The van der Waals surface area contributed by atoms with Crippen molar-refractivity contribution in [2.24, 2.45) is 5.92 Å². The third kappa shape index (κ3) is 2.49. The Bertz CT molecular complexity index is 323. The summed E-state index contributed by atoms with van der Waals surface area (Å²) in [5, 5.41) is 2.75. The molecule has 0 radical (unpaired) electrons. The second kappa shape index (κ2) is 4.49. The molecule has 0 bridgehead atoms. The lowest BCUT2D eigenvalue weighted by Crippen LogP contribution is -2.41. The number of hydrogen-bond donors (Lipinski definition) is 1. The average Bonchev–Trinajstić information content (AvgIpc) is 2.59. The number of hydrogen-bond acceptors (Lipinski definition) is 4. The van der Waals surface area contributed by atoms with E-state index in [2.05, 4.69) is 29.1 Å². The van der Waals surface area contributed by atoms with Crippen LogP contribution in [-0.4, -0.2) is 22.5 Å². The van der Waals surface area contributed by atoms with Gasteiger partial charge < -0.3 is 5.73 Å². The van der Waals surface area contributed by atoms with Crippen LogP contribution in [0.3, 0.4) is 0 Å². The minimum atomic E-state index is 0.668. The Balaban J connectivity index is 1.99. The van der Waals surface area contributed by atoms with Crippen LogP contribution in [0.5, 0.6) is 0 Å². The van der Waals surface area contributed by atoms with E-state index in [9.17, 15) is 0 Å². The number of rotatable bonds is 2. The molecule has 15 heavy (non-hydrogen) atoms. The van der Waals surface area contributed by atoms with Crippen LogP contribution in [0.2, 0.25) is 0 Å². The largest absolute Gasteiger partial charge is 0.375 e. The van der Waals surface area contributed by atoms with Crippen LogP contribution >= 0.6 is 11.3 Å². The molecule has 2 unspecified atom stereocenters. The SMILES string of the molecule is CC1CCCN(Cc2csc(N)n2)C1C. The van der Waals surface area contributed by atoms with E-state index >= 15 is 0 Å². The van der Waals surface area contributed by atoms with E-state index in [4.69, 9.17) is 5.73 Å². The summed E-state index contributed by atoms with van der Waals surface area (Å²) in [5.41, 5.74) is 6.76. The van der Waals surface area contributed by atoms with Crippen molar-refractivity contribution >= 4 is 16.5 Å². The summed E-state index contributed by atoms with van der Waals surface area (Å²) in [6.45, 7) is 6.81. The highest BCUT2D eigenvalue weighted by Crippen LogP contribution is 2.24. The van der Waals surface area contributed by atoms with Crippen molar-refractivity contribution in [3.05, 3.63) is 11.1 Å². The summed E-state index contributed by atoms with van der Waals surface area (Å²) in [6.07, 6.45) is 2.67. The molecule has 2 heterocycles. The fraction of sp³-hybridized carbons (Fsp3) is 0.727.